The van der Waals surface area contributed by atoms with Crippen LogP contribution in [0.25, 0.3) is 0 Å². The fourth-order valence-electron chi connectivity index (χ4n) is 1.33. The Morgan fingerprint density at radius 1 is 0.870 bits per heavy atom. The van der Waals surface area contributed by atoms with Crippen molar-refractivity contribution in [2.45, 2.75) is 52.6 Å². The maximum absolute atomic E-state index is 11.6. The van der Waals surface area contributed by atoms with Crippen LogP contribution in [-0.4, -0.2) is 50.7 Å². The molecule has 0 radical (unpaired) electrons. The van der Waals surface area contributed by atoms with E-state index in [1.54, 1.807) is 0 Å². The zero-order chi connectivity index (χ0) is 17.5. The van der Waals surface area contributed by atoms with Gasteiger partial charge in [0.2, 0.25) is 0 Å². The van der Waals surface area contributed by atoms with Gasteiger partial charge in [0.25, 0.3) is 5.91 Å². The second-order valence-corrected chi connectivity index (χ2v) is 4.80. The average Bonchev–Trinajstić information content (AvgIpc) is 2.51. The summed E-state index contributed by atoms with van der Waals surface area (Å²) < 4.78 is 19.1. The third kappa shape index (κ3) is 12.3. The van der Waals surface area contributed by atoms with Crippen LogP contribution in [0.3, 0.4) is 0 Å². The van der Waals surface area contributed by atoms with Gasteiger partial charge >= 0.3 is 12.3 Å². The number of ether oxygens (including phenoxy) is 4. The molecule has 8 heteroatoms. The van der Waals surface area contributed by atoms with Crippen molar-refractivity contribution in [3.8, 4) is 0 Å². The quantitative estimate of drug-likeness (QED) is 0.457. The number of rotatable bonds is 11. The highest BCUT2D eigenvalue weighted by Crippen LogP contribution is 1.97. The van der Waals surface area contributed by atoms with Crippen molar-refractivity contribution in [1.82, 2.24) is 5.32 Å². The Labute approximate surface area is 136 Å². The monoisotopic (exact) mass is 333 g/mol. The van der Waals surface area contributed by atoms with Gasteiger partial charge in [0.1, 0.15) is 6.61 Å². The van der Waals surface area contributed by atoms with E-state index in [9.17, 15) is 14.4 Å². The summed E-state index contributed by atoms with van der Waals surface area (Å²) in [6.45, 7) is 6.02. The lowest BCUT2D eigenvalue weighted by Crippen LogP contribution is -2.38. The Hall–Kier alpha value is -1.99. The molecule has 0 aromatic rings. The van der Waals surface area contributed by atoms with Crippen molar-refractivity contribution in [3.05, 3.63) is 0 Å². The number of carbonyl (C=O) groups excluding carboxylic acids is 3. The zero-order valence-corrected chi connectivity index (χ0v) is 14.1. The maximum Gasteiger partial charge on any atom is 0.509 e. The van der Waals surface area contributed by atoms with Gasteiger partial charge in [-0.15, -0.1) is 0 Å². The first-order chi connectivity index (χ1) is 11.0. The molecule has 0 aromatic carbocycles. The van der Waals surface area contributed by atoms with Crippen molar-refractivity contribution >= 4 is 18.2 Å². The van der Waals surface area contributed by atoms with Crippen LogP contribution in [0.5, 0.6) is 0 Å². The number of nitrogens with one attached hydrogen (secondary N) is 1. The molecule has 1 unspecified atom stereocenters. The van der Waals surface area contributed by atoms with Crippen LogP contribution in [0.15, 0.2) is 0 Å². The molecule has 8 nitrogen and oxygen atoms in total. The van der Waals surface area contributed by atoms with Gasteiger partial charge in [-0.3, -0.25) is 4.79 Å². The SMILES string of the molecule is CCCCOC(=O)OCCNC(=O)C(C)OC(=O)OCCCC. The lowest BCUT2D eigenvalue weighted by Gasteiger charge is -2.13. The first kappa shape index (κ1) is 21.0. The average molecular weight is 333 g/mol. The summed E-state index contributed by atoms with van der Waals surface area (Å²) in [7, 11) is 0. The summed E-state index contributed by atoms with van der Waals surface area (Å²) in [5, 5.41) is 2.47. The molecule has 0 rings (SSSR count). The van der Waals surface area contributed by atoms with Crippen molar-refractivity contribution in [2.24, 2.45) is 0 Å². The second-order valence-electron chi connectivity index (χ2n) is 4.80. The highest BCUT2D eigenvalue weighted by molar-refractivity contribution is 5.82. The minimum Gasteiger partial charge on any atom is -0.434 e. The predicted molar refractivity (Wildman–Crippen MR) is 82.0 cm³/mol. The Morgan fingerprint density at radius 2 is 1.39 bits per heavy atom. The van der Waals surface area contributed by atoms with Gasteiger partial charge in [0.15, 0.2) is 6.10 Å². The molecule has 0 saturated carbocycles. The fourth-order valence-corrected chi connectivity index (χ4v) is 1.33. The van der Waals surface area contributed by atoms with Gasteiger partial charge in [0.05, 0.1) is 19.8 Å². The van der Waals surface area contributed by atoms with E-state index in [0.29, 0.717) is 6.61 Å². The lowest BCUT2D eigenvalue weighted by atomic mass is 10.4. The molecule has 0 spiro atoms. The van der Waals surface area contributed by atoms with E-state index in [-0.39, 0.29) is 19.8 Å². The van der Waals surface area contributed by atoms with E-state index in [2.05, 4.69) is 5.32 Å². The number of hydrogen-bond acceptors (Lipinski definition) is 7. The van der Waals surface area contributed by atoms with E-state index in [4.69, 9.17) is 18.9 Å². The topological polar surface area (TPSA) is 100 Å². The second kappa shape index (κ2) is 13.7. The number of amides is 1. The van der Waals surface area contributed by atoms with Gasteiger partial charge in [-0.1, -0.05) is 26.7 Å². The number of carbonyl (C=O) groups is 3. The van der Waals surface area contributed by atoms with Gasteiger partial charge in [-0.05, 0) is 19.8 Å². The molecule has 0 fully saturated rings. The van der Waals surface area contributed by atoms with E-state index in [0.717, 1.165) is 25.7 Å². The first-order valence-corrected chi connectivity index (χ1v) is 7.91. The Balaban J connectivity index is 3.71. The van der Waals surface area contributed by atoms with Crippen LogP contribution in [0.4, 0.5) is 9.59 Å². The Bertz CT molecular complexity index is 360. The fraction of sp³-hybridized carbons (Fsp3) is 0.800. The van der Waals surface area contributed by atoms with Crippen LogP contribution in [0, 0.1) is 0 Å². The molecule has 134 valence electrons. The molecule has 0 saturated heterocycles. The van der Waals surface area contributed by atoms with Crippen LogP contribution < -0.4 is 5.32 Å². The van der Waals surface area contributed by atoms with E-state index in [1.165, 1.54) is 6.92 Å². The van der Waals surface area contributed by atoms with Crippen LogP contribution in [0.1, 0.15) is 46.5 Å². The van der Waals surface area contributed by atoms with Gasteiger partial charge in [-0.25, -0.2) is 9.59 Å². The minimum absolute atomic E-state index is 0.0234. The van der Waals surface area contributed by atoms with Crippen LogP contribution in [0.2, 0.25) is 0 Å². The summed E-state index contributed by atoms with van der Waals surface area (Å²) >= 11 is 0. The van der Waals surface area contributed by atoms with Crippen molar-refractivity contribution in [3.63, 3.8) is 0 Å². The predicted octanol–water partition coefficient (Wildman–Crippen LogP) is 2.40. The molecule has 0 bridgehead atoms. The first-order valence-electron chi connectivity index (χ1n) is 7.91. The third-order valence-electron chi connectivity index (χ3n) is 2.70. The standard InChI is InChI=1S/C15H27NO7/c1-4-6-9-20-14(18)22-11-8-16-13(17)12(3)23-15(19)21-10-7-5-2/h12H,4-11H2,1-3H3,(H,16,17). The normalized spacial score (nSPS) is 11.3. The van der Waals surface area contributed by atoms with Gasteiger partial charge < -0.3 is 24.3 Å². The van der Waals surface area contributed by atoms with Crippen molar-refractivity contribution in [1.29, 1.82) is 0 Å². The minimum atomic E-state index is -0.986. The number of hydrogen-bond donors (Lipinski definition) is 1. The Kier molecular flexibility index (Phi) is 12.5. The van der Waals surface area contributed by atoms with Crippen molar-refractivity contribution in [2.75, 3.05) is 26.4 Å². The maximum atomic E-state index is 11.6. The summed E-state index contributed by atoms with van der Waals surface area (Å²) in [5.41, 5.74) is 0. The molecule has 1 atom stereocenters. The Morgan fingerprint density at radius 3 is 1.96 bits per heavy atom. The van der Waals surface area contributed by atoms with Crippen molar-refractivity contribution < 1.29 is 33.3 Å². The summed E-state index contributed by atoms with van der Waals surface area (Å²) in [5.74, 6) is -0.500. The number of unbranched alkanes of at least 4 members (excludes halogenated alkanes) is 2. The molecule has 23 heavy (non-hydrogen) atoms. The smallest absolute Gasteiger partial charge is 0.434 e. The van der Waals surface area contributed by atoms with Crippen LogP contribution >= 0.6 is 0 Å². The molecule has 0 aliphatic heterocycles. The molecular formula is C15H27NO7. The summed E-state index contributed by atoms with van der Waals surface area (Å²) in [4.78, 5) is 34.0. The molecule has 1 amide bonds. The highest BCUT2D eigenvalue weighted by Gasteiger charge is 2.18. The summed E-state index contributed by atoms with van der Waals surface area (Å²) in [6.07, 6.45) is 0.692. The van der Waals surface area contributed by atoms with Crippen LogP contribution in [-0.2, 0) is 23.7 Å². The highest BCUT2D eigenvalue weighted by atomic mass is 16.7. The third-order valence-corrected chi connectivity index (χ3v) is 2.70. The molecule has 0 aliphatic carbocycles. The molecule has 0 heterocycles. The zero-order valence-electron chi connectivity index (χ0n) is 14.1. The molecular weight excluding hydrogens is 306 g/mol. The molecule has 0 aliphatic rings. The van der Waals surface area contributed by atoms with E-state index >= 15 is 0 Å². The van der Waals surface area contributed by atoms with E-state index < -0.39 is 24.3 Å². The summed E-state index contributed by atoms with van der Waals surface area (Å²) in [6, 6.07) is 0. The molecule has 1 N–H and O–H groups in total. The van der Waals surface area contributed by atoms with Gasteiger partial charge in [-0.2, -0.15) is 0 Å². The largest absolute Gasteiger partial charge is 0.509 e. The lowest BCUT2D eigenvalue weighted by molar-refractivity contribution is -0.130. The van der Waals surface area contributed by atoms with E-state index in [1.807, 2.05) is 13.8 Å². The molecule has 0 aromatic heterocycles. The van der Waals surface area contributed by atoms with Gasteiger partial charge in [0, 0.05) is 0 Å².